The molecule has 2 heterocycles. The number of phenols is 1. The first-order chi connectivity index (χ1) is 8.75. The zero-order valence-electron chi connectivity index (χ0n) is 10.5. The summed E-state index contributed by atoms with van der Waals surface area (Å²) in [7, 11) is 2.13. The van der Waals surface area contributed by atoms with Gasteiger partial charge in [-0.25, -0.2) is 4.98 Å². The summed E-state index contributed by atoms with van der Waals surface area (Å²) in [6, 6.07) is 7.54. The first kappa shape index (κ1) is 11.3. The molecule has 2 aromatic rings. The largest absolute Gasteiger partial charge is 0.507 e. The average Bonchev–Trinajstić information content (AvgIpc) is 2.39. The van der Waals surface area contributed by atoms with Gasteiger partial charge in [-0.3, -0.25) is 0 Å². The third kappa shape index (κ3) is 1.88. The predicted molar refractivity (Wildman–Crippen MR) is 73.1 cm³/mol. The lowest BCUT2D eigenvalue weighted by Gasteiger charge is -2.33. The van der Waals surface area contributed by atoms with Crippen molar-refractivity contribution in [2.24, 2.45) is 0 Å². The van der Waals surface area contributed by atoms with Crippen LogP contribution in [0.1, 0.15) is 0 Å². The van der Waals surface area contributed by atoms with Crippen LogP contribution in [0.15, 0.2) is 30.5 Å². The van der Waals surface area contributed by atoms with Gasteiger partial charge in [-0.2, -0.15) is 0 Å². The quantitative estimate of drug-likeness (QED) is 0.827. The van der Waals surface area contributed by atoms with Gasteiger partial charge in [-0.15, -0.1) is 0 Å². The number of hydrogen-bond acceptors (Lipinski definition) is 4. The minimum absolute atomic E-state index is 0.314. The number of benzene rings is 1. The maximum absolute atomic E-state index is 10.1. The van der Waals surface area contributed by atoms with Gasteiger partial charge in [-0.05, 0) is 24.6 Å². The highest BCUT2D eigenvalue weighted by Gasteiger charge is 2.18. The zero-order chi connectivity index (χ0) is 12.5. The number of pyridine rings is 1. The van der Waals surface area contributed by atoms with E-state index in [9.17, 15) is 5.11 Å². The van der Waals surface area contributed by atoms with Crippen LogP contribution in [0.2, 0.25) is 0 Å². The molecule has 0 bridgehead atoms. The number of hydrogen-bond donors (Lipinski definition) is 1. The molecule has 1 N–H and O–H groups in total. The Hall–Kier alpha value is -1.81. The molecular weight excluding hydrogens is 226 g/mol. The fourth-order valence-electron chi connectivity index (χ4n) is 2.45. The molecule has 4 nitrogen and oxygen atoms in total. The summed E-state index contributed by atoms with van der Waals surface area (Å²) in [6.07, 6.45) is 1.81. The second kappa shape index (κ2) is 4.46. The minimum Gasteiger partial charge on any atom is -0.507 e. The molecule has 0 atom stereocenters. The van der Waals surface area contributed by atoms with Crippen LogP contribution >= 0.6 is 0 Å². The summed E-state index contributed by atoms with van der Waals surface area (Å²) < 4.78 is 0. The van der Waals surface area contributed by atoms with Crippen molar-refractivity contribution < 1.29 is 5.11 Å². The molecular formula is C14H17N3O. The summed E-state index contributed by atoms with van der Waals surface area (Å²) in [4.78, 5) is 9.02. The van der Waals surface area contributed by atoms with Crippen molar-refractivity contribution in [3.63, 3.8) is 0 Å². The number of nitrogens with zero attached hydrogens (tertiary/aromatic N) is 3. The van der Waals surface area contributed by atoms with Gasteiger partial charge in [0.1, 0.15) is 11.6 Å². The number of likely N-dealkylation sites (N-methyl/N-ethyl adjacent to an activating group) is 1. The van der Waals surface area contributed by atoms with Gasteiger partial charge in [0, 0.05) is 32.4 Å². The highest BCUT2D eigenvalue weighted by molar-refractivity contribution is 5.97. The molecule has 1 aromatic heterocycles. The molecule has 0 aliphatic carbocycles. The van der Waals surface area contributed by atoms with E-state index in [1.807, 2.05) is 24.4 Å². The second-order valence-electron chi connectivity index (χ2n) is 4.80. The normalized spacial score (nSPS) is 17.3. The first-order valence-electron chi connectivity index (χ1n) is 6.26. The molecule has 0 radical (unpaired) electrons. The maximum Gasteiger partial charge on any atom is 0.140 e. The summed E-state index contributed by atoms with van der Waals surface area (Å²) in [5.41, 5.74) is 0. The minimum atomic E-state index is 0.314. The zero-order valence-corrected chi connectivity index (χ0v) is 10.5. The van der Waals surface area contributed by atoms with E-state index >= 15 is 0 Å². The summed E-state index contributed by atoms with van der Waals surface area (Å²) in [6.45, 7) is 3.98. The van der Waals surface area contributed by atoms with Crippen LogP contribution in [0.5, 0.6) is 5.75 Å². The molecule has 1 fully saturated rings. The lowest BCUT2D eigenvalue weighted by molar-refractivity contribution is 0.312. The van der Waals surface area contributed by atoms with Crippen molar-refractivity contribution in [2.45, 2.75) is 0 Å². The lowest BCUT2D eigenvalue weighted by Crippen LogP contribution is -2.44. The number of aromatic hydroxyl groups is 1. The Morgan fingerprint density at radius 1 is 1.11 bits per heavy atom. The van der Waals surface area contributed by atoms with Crippen LogP contribution in [0, 0.1) is 0 Å². The molecule has 1 aromatic carbocycles. The molecule has 0 saturated carbocycles. The number of anilines is 1. The number of fused-ring (bicyclic) bond motifs is 1. The van der Waals surface area contributed by atoms with Crippen LogP contribution in [-0.4, -0.2) is 48.2 Å². The lowest BCUT2D eigenvalue weighted by atomic mass is 10.1. The molecule has 94 valence electrons. The van der Waals surface area contributed by atoms with Gasteiger partial charge >= 0.3 is 0 Å². The smallest absolute Gasteiger partial charge is 0.140 e. The van der Waals surface area contributed by atoms with Gasteiger partial charge in [0.05, 0.1) is 5.39 Å². The fourth-order valence-corrected chi connectivity index (χ4v) is 2.45. The van der Waals surface area contributed by atoms with Gasteiger partial charge in [0.15, 0.2) is 0 Å². The predicted octanol–water partition coefficient (Wildman–Crippen LogP) is 1.69. The van der Waals surface area contributed by atoms with Crippen molar-refractivity contribution in [3.05, 3.63) is 30.5 Å². The molecule has 1 aliphatic heterocycles. The van der Waals surface area contributed by atoms with Crippen LogP contribution in [0.3, 0.4) is 0 Å². The van der Waals surface area contributed by atoms with Crippen molar-refractivity contribution in [2.75, 3.05) is 38.1 Å². The molecule has 1 aliphatic rings. The maximum atomic E-state index is 10.1. The monoisotopic (exact) mass is 243 g/mol. The van der Waals surface area contributed by atoms with Crippen molar-refractivity contribution >= 4 is 16.6 Å². The van der Waals surface area contributed by atoms with Crippen LogP contribution in [0.25, 0.3) is 10.8 Å². The van der Waals surface area contributed by atoms with Gasteiger partial charge in [0.2, 0.25) is 0 Å². The van der Waals surface area contributed by atoms with Gasteiger partial charge in [0.25, 0.3) is 0 Å². The molecule has 0 spiro atoms. The number of aromatic nitrogens is 1. The van der Waals surface area contributed by atoms with E-state index in [-0.39, 0.29) is 0 Å². The molecule has 1 saturated heterocycles. The van der Waals surface area contributed by atoms with Crippen molar-refractivity contribution in [1.29, 1.82) is 0 Å². The Balaban J connectivity index is 2.06. The van der Waals surface area contributed by atoms with Crippen LogP contribution < -0.4 is 4.90 Å². The van der Waals surface area contributed by atoms with Crippen molar-refractivity contribution in [3.8, 4) is 5.75 Å². The van der Waals surface area contributed by atoms with Gasteiger partial charge in [-0.1, -0.05) is 12.1 Å². The van der Waals surface area contributed by atoms with E-state index in [0.717, 1.165) is 42.8 Å². The van der Waals surface area contributed by atoms with Crippen molar-refractivity contribution in [1.82, 2.24) is 9.88 Å². The van der Waals surface area contributed by atoms with E-state index in [1.54, 1.807) is 6.07 Å². The molecule has 3 rings (SSSR count). The van der Waals surface area contributed by atoms with E-state index in [2.05, 4.69) is 21.8 Å². The van der Waals surface area contributed by atoms with E-state index < -0.39 is 0 Å². The Kier molecular flexibility index (Phi) is 2.80. The summed E-state index contributed by atoms with van der Waals surface area (Å²) in [5, 5.41) is 12.0. The Labute approximate surface area is 106 Å². The number of phenolic OH excluding ortho intramolecular Hbond substituents is 1. The molecule has 0 amide bonds. The summed E-state index contributed by atoms with van der Waals surface area (Å²) >= 11 is 0. The van der Waals surface area contributed by atoms with E-state index in [4.69, 9.17) is 0 Å². The second-order valence-corrected chi connectivity index (χ2v) is 4.80. The van der Waals surface area contributed by atoms with Crippen LogP contribution in [0.4, 0.5) is 5.82 Å². The standard InChI is InChI=1S/C14H17N3O/c1-16-7-9-17(10-8-16)14-13-11(5-6-15-14)3-2-4-12(13)18/h2-6,18H,7-10H2,1H3. The third-order valence-electron chi connectivity index (χ3n) is 3.55. The van der Waals surface area contributed by atoms with Gasteiger partial charge < -0.3 is 14.9 Å². The number of piperazine rings is 1. The topological polar surface area (TPSA) is 39.6 Å². The van der Waals surface area contributed by atoms with E-state index in [0.29, 0.717) is 5.75 Å². The first-order valence-corrected chi connectivity index (χ1v) is 6.26. The molecule has 4 heteroatoms. The SMILES string of the molecule is CN1CCN(c2nccc3cccc(O)c23)CC1. The average molecular weight is 243 g/mol. The molecule has 18 heavy (non-hydrogen) atoms. The number of rotatable bonds is 1. The Bertz CT molecular complexity index is 557. The summed E-state index contributed by atoms with van der Waals surface area (Å²) in [5.74, 6) is 1.22. The van der Waals surface area contributed by atoms with E-state index in [1.165, 1.54) is 0 Å². The van der Waals surface area contributed by atoms with Crippen LogP contribution in [-0.2, 0) is 0 Å². The highest BCUT2D eigenvalue weighted by Crippen LogP contribution is 2.32. The third-order valence-corrected chi connectivity index (χ3v) is 3.55. The Morgan fingerprint density at radius 3 is 2.67 bits per heavy atom. The highest BCUT2D eigenvalue weighted by atomic mass is 16.3. The Morgan fingerprint density at radius 2 is 1.89 bits per heavy atom. The molecule has 0 unspecified atom stereocenters. The fraction of sp³-hybridized carbons (Fsp3) is 0.357.